The van der Waals surface area contributed by atoms with Crippen LogP contribution in [0.2, 0.25) is 0 Å². The van der Waals surface area contributed by atoms with Crippen molar-refractivity contribution in [3.8, 4) is 11.9 Å². The minimum atomic E-state index is -5.00. The maximum absolute atomic E-state index is 12.5. The lowest BCUT2D eigenvalue weighted by Crippen LogP contribution is -2.19. The highest BCUT2D eigenvalue weighted by Crippen LogP contribution is 2.29. The number of ether oxygens (including phenoxy) is 1. The Morgan fingerprint density at radius 2 is 2.12 bits per heavy atom. The summed E-state index contributed by atoms with van der Waals surface area (Å²) in [4.78, 5) is 3.19. The summed E-state index contributed by atoms with van der Waals surface area (Å²) in [7, 11) is 0. The van der Waals surface area contributed by atoms with Gasteiger partial charge in [0, 0.05) is 5.56 Å². The van der Waals surface area contributed by atoms with Crippen molar-refractivity contribution in [2.75, 3.05) is 5.73 Å². The third-order valence-corrected chi connectivity index (χ3v) is 1.64. The number of rotatable bonds is 2. The molecule has 1 aromatic rings. The van der Waals surface area contributed by atoms with Gasteiger partial charge in [-0.2, -0.15) is 5.26 Å². The van der Waals surface area contributed by atoms with Gasteiger partial charge in [0.1, 0.15) is 18.3 Å². The minimum Gasteiger partial charge on any atom is -0.397 e. The van der Waals surface area contributed by atoms with Crippen LogP contribution in [0.3, 0.4) is 0 Å². The van der Waals surface area contributed by atoms with Gasteiger partial charge in [0.25, 0.3) is 0 Å². The molecular formula is C8H5F4N3O. The third-order valence-electron chi connectivity index (χ3n) is 1.64. The molecule has 0 amide bonds. The number of pyridine rings is 1. The minimum absolute atomic E-state index is 0.200. The standard InChI is InChI=1S/C8H5F4N3O/c9-1-4-5(2-13)7(15-3-6(4)14)16-8(10,11)12/h3H,1,14H2. The Hall–Kier alpha value is -2.04. The Balaban J connectivity index is 3.27. The van der Waals surface area contributed by atoms with E-state index in [9.17, 15) is 17.6 Å². The number of nitrogens with zero attached hydrogens (tertiary/aromatic N) is 2. The summed E-state index contributed by atoms with van der Waals surface area (Å²) in [5.41, 5.74) is 4.03. The number of anilines is 1. The summed E-state index contributed by atoms with van der Waals surface area (Å²) < 4.78 is 51.6. The van der Waals surface area contributed by atoms with Crippen LogP contribution in [0.1, 0.15) is 11.1 Å². The van der Waals surface area contributed by atoms with Gasteiger partial charge in [0.2, 0.25) is 5.88 Å². The van der Waals surface area contributed by atoms with E-state index in [4.69, 9.17) is 11.0 Å². The maximum Gasteiger partial charge on any atom is 0.574 e. The van der Waals surface area contributed by atoms with E-state index in [0.29, 0.717) is 0 Å². The Labute approximate surface area is 87.3 Å². The Morgan fingerprint density at radius 3 is 2.56 bits per heavy atom. The van der Waals surface area contributed by atoms with Crippen LogP contribution in [0.25, 0.3) is 0 Å². The summed E-state index contributed by atoms with van der Waals surface area (Å²) in [6.45, 7) is -1.18. The normalized spacial score (nSPS) is 10.9. The topological polar surface area (TPSA) is 71.9 Å². The van der Waals surface area contributed by atoms with Crippen LogP contribution in [-0.2, 0) is 6.67 Å². The summed E-state index contributed by atoms with van der Waals surface area (Å²) in [6, 6.07) is 1.37. The lowest BCUT2D eigenvalue weighted by atomic mass is 10.1. The SMILES string of the molecule is N#Cc1c(OC(F)(F)F)ncc(N)c1CF. The number of hydrogen-bond acceptors (Lipinski definition) is 4. The molecule has 16 heavy (non-hydrogen) atoms. The molecule has 0 aliphatic heterocycles. The van der Waals surface area contributed by atoms with E-state index in [0.717, 1.165) is 6.20 Å². The smallest absolute Gasteiger partial charge is 0.397 e. The molecule has 1 rings (SSSR count). The van der Waals surface area contributed by atoms with Gasteiger partial charge in [-0.1, -0.05) is 0 Å². The van der Waals surface area contributed by atoms with E-state index in [2.05, 4.69) is 9.72 Å². The van der Waals surface area contributed by atoms with E-state index >= 15 is 0 Å². The third kappa shape index (κ3) is 2.50. The second-order valence-corrected chi connectivity index (χ2v) is 2.67. The molecule has 0 aliphatic carbocycles. The van der Waals surface area contributed by atoms with Crippen molar-refractivity contribution >= 4 is 5.69 Å². The molecule has 0 aromatic carbocycles. The predicted molar refractivity (Wildman–Crippen MR) is 44.9 cm³/mol. The van der Waals surface area contributed by atoms with Crippen molar-refractivity contribution in [1.82, 2.24) is 4.98 Å². The fraction of sp³-hybridized carbons (Fsp3) is 0.250. The van der Waals surface area contributed by atoms with E-state index in [1.54, 1.807) is 0 Å². The zero-order valence-corrected chi connectivity index (χ0v) is 7.68. The maximum atomic E-state index is 12.5. The Bertz CT molecular complexity index is 438. The summed E-state index contributed by atoms with van der Waals surface area (Å²) in [6.07, 6.45) is -4.20. The van der Waals surface area contributed by atoms with Crippen LogP contribution in [-0.4, -0.2) is 11.3 Å². The molecule has 0 bridgehead atoms. The summed E-state index contributed by atoms with van der Waals surface area (Å²) in [5, 5.41) is 8.59. The highest BCUT2D eigenvalue weighted by Gasteiger charge is 2.33. The molecule has 86 valence electrons. The number of alkyl halides is 4. The highest BCUT2D eigenvalue weighted by molar-refractivity contribution is 5.57. The van der Waals surface area contributed by atoms with Crippen LogP contribution in [0.15, 0.2) is 6.20 Å². The molecule has 0 radical (unpaired) electrons. The van der Waals surface area contributed by atoms with Crippen molar-refractivity contribution in [3.63, 3.8) is 0 Å². The van der Waals surface area contributed by atoms with Crippen molar-refractivity contribution in [2.24, 2.45) is 0 Å². The molecule has 2 N–H and O–H groups in total. The van der Waals surface area contributed by atoms with E-state index in [-0.39, 0.29) is 11.3 Å². The average Bonchev–Trinajstić information content (AvgIpc) is 2.18. The first-order valence-corrected chi connectivity index (χ1v) is 3.88. The van der Waals surface area contributed by atoms with Crippen molar-refractivity contribution in [1.29, 1.82) is 5.26 Å². The molecule has 4 nitrogen and oxygen atoms in total. The lowest BCUT2D eigenvalue weighted by molar-refractivity contribution is -0.276. The van der Waals surface area contributed by atoms with Crippen LogP contribution in [0, 0.1) is 11.3 Å². The number of nitriles is 1. The first-order valence-electron chi connectivity index (χ1n) is 3.88. The molecule has 0 spiro atoms. The van der Waals surface area contributed by atoms with Crippen LogP contribution >= 0.6 is 0 Å². The first kappa shape index (κ1) is 12.0. The number of halogens is 4. The zero-order chi connectivity index (χ0) is 12.3. The second kappa shape index (κ2) is 4.22. The fourth-order valence-electron chi connectivity index (χ4n) is 0.990. The van der Waals surface area contributed by atoms with Crippen LogP contribution < -0.4 is 10.5 Å². The van der Waals surface area contributed by atoms with Gasteiger partial charge < -0.3 is 10.5 Å². The van der Waals surface area contributed by atoms with Gasteiger partial charge in [-0.3, -0.25) is 0 Å². The molecule has 0 unspecified atom stereocenters. The van der Waals surface area contributed by atoms with Gasteiger partial charge in [-0.25, -0.2) is 9.37 Å². The first-order chi connectivity index (χ1) is 7.39. The molecule has 1 aromatic heterocycles. The van der Waals surface area contributed by atoms with Gasteiger partial charge in [0.05, 0.1) is 11.9 Å². The average molecular weight is 235 g/mol. The molecule has 0 aliphatic rings. The molecule has 8 heteroatoms. The highest BCUT2D eigenvalue weighted by atomic mass is 19.4. The summed E-state index contributed by atoms with van der Waals surface area (Å²) in [5.74, 6) is -1.00. The monoisotopic (exact) mass is 235 g/mol. The number of hydrogen-bond donors (Lipinski definition) is 1. The van der Waals surface area contributed by atoms with E-state index in [1.807, 2.05) is 0 Å². The van der Waals surface area contributed by atoms with Gasteiger partial charge in [-0.05, 0) is 0 Å². The van der Waals surface area contributed by atoms with Crippen molar-refractivity contribution in [3.05, 3.63) is 17.3 Å². The lowest BCUT2D eigenvalue weighted by Gasteiger charge is -2.11. The second-order valence-electron chi connectivity index (χ2n) is 2.67. The van der Waals surface area contributed by atoms with Crippen LogP contribution in [0.5, 0.6) is 5.88 Å². The van der Waals surface area contributed by atoms with Gasteiger partial charge in [0.15, 0.2) is 0 Å². The zero-order valence-electron chi connectivity index (χ0n) is 7.68. The van der Waals surface area contributed by atoms with Crippen LogP contribution in [0.4, 0.5) is 23.2 Å². The predicted octanol–water partition coefficient (Wildman–Crippen LogP) is 1.90. The van der Waals surface area contributed by atoms with Gasteiger partial charge >= 0.3 is 6.36 Å². The van der Waals surface area contributed by atoms with Crippen molar-refractivity contribution in [2.45, 2.75) is 13.0 Å². The van der Waals surface area contributed by atoms with E-state index < -0.39 is 24.5 Å². The van der Waals surface area contributed by atoms with Crippen molar-refractivity contribution < 1.29 is 22.3 Å². The van der Waals surface area contributed by atoms with E-state index in [1.165, 1.54) is 6.07 Å². The Morgan fingerprint density at radius 1 is 1.50 bits per heavy atom. The van der Waals surface area contributed by atoms with Gasteiger partial charge in [-0.15, -0.1) is 13.2 Å². The fourth-order valence-corrected chi connectivity index (χ4v) is 0.990. The summed E-state index contributed by atoms with van der Waals surface area (Å²) >= 11 is 0. The molecule has 0 fully saturated rings. The molecule has 1 heterocycles. The molecule has 0 saturated heterocycles. The number of nitrogen functional groups attached to an aromatic ring is 1. The number of aromatic nitrogens is 1. The quantitative estimate of drug-likeness (QED) is 0.794. The molecule has 0 atom stereocenters. The largest absolute Gasteiger partial charge is 0.574 e. The molecular weight excluding hydrogens is 230 g/mol. The molecule has 0 saturated carbocycles. The number of nitrogens with two attached hydrogens (primary N) is 1. The Kier molecular flexibility index (Phi) is 3.17.